The summed E-state index contributed by atoms with van der Waals surface area (Å²) in [6.07, 6.45) is 0. The van der Waals surface area contributed by atoms with Gasteiger partial charge in [0.2, 0.25) is 0 Å². The van der Waals surface area contributed by atoms with Gasteiger partial charge in [-0.05, 0) is 36.4 Å². The standard InChI is InChI=1S/C16H15ClN2O3/c17-14-4-2-1-3-13(14)16(22)19-10-9-18-15(21)11-5-7-12(20)8-6-11/h1-8,20H,9-10H2,(H,18,21)(H,19,22). The maximum absolute atomic E-state index is 11.9. The minimum atomic E-state index is -0.288. The van der Waals surface area contributed by atoms with Crippen LogP contribution >= 0.6 is 11.6 Å². The first-order valence-electron chi connectivity index (χ1n) is 6.68. The van der Waals surface area contributed by atoms with Gasteiger partial charge in [0, 0.05) is 18.7 Å². The van der Waals surface area contributed by atoms with Crippen molar-refractivity contribution in [3.63, 3.8) is 0 Å². The number of phenolic OH excluding ortho intramolecular Hbond substituents is 1. The molecule has 5 nitrogen and oxygen atoms in total. The van der Waals surface area contributed by atoms with E-state index >= 15 is 0 Å². The predicted octanol–water partition coefficient (Wildman–Crippen LogP) is 2.21. The van der Waals surface area contributed by atoms with Crippen LogP contribution in [0.3, 0.4) is 0 Å². The van der Waals surface area contributed by atoms with E-state index < -0.39 is 0 Å². The van der Waals surface area contributed by atoms with Crippen LogP contribution in [-0.4, -0.2) is 30.0 Å². The maximum Gasteiger partial charge on any atom is 0.252 e. The monoisotopic (exact) mass is 318 g/mol. The molecule has 0 fully saturated rings. The molecule has 0 radical (unpaired) electrons. The average Bonchev–Trinajstić information content (AvgIpc) is 2.52. The van der Waals surface area contributed by atoms with Crippen LogP contribution in [0.5, 0.6) is 5.75 Å². The molecule has 0 atom stereocenters. The smallest absolute Gasteiger partial charge is 0.252 e. The van der Waals surface area contributed by atoms with Gasteiger partial charge in [-0.3, -0.25) is 9.59 Å². The van der Waals surface area contributed by atoms with Gasteiger partial charge >= 0.3 is 0 Å². The molecule has 0 spiro atoms. The van der Waals surface area contributed by atoms with Gasteiger partial charge in [0.05, 0.1) is 10.6 Å². The van der Waals surface area contributed by atoms with Crippen molar-refractivity contribution in [3.05, 3.63) is 64.7 Å². The van der Waals surface area contributed by atoms with Crippen molar-refractivity contribution in [3.8, 4) is 5.75 Å². The van der Waals surface area contributed by atoms with Crippen LogP contribution in [0.15, 0.2) is 48.5 Å². The Bertz CT molecular complexity index is 671. The lowest BCUT2D eigenvalue weighted by Gasteiger charge is -2.08. The van der Waals surface area contributed by atoms with E-state index in [2.05, 4.69) is 10.6 Å². The molecule has 22 heavy (non-hydrogen) atoms. The first kappa shape index (κ1) is 15.9. The van der Waals surface area contributed by atoms with Gasteiger partial charge in [0.25, 0.3) is 11.8 Å². The summed E-state index contributed by atoms with van der Waals surface area (Å²) in [4.78, 5) is 23.7. The number of carbonyl (C=O) groups is 2. The summed E-state index contributed by atoms with van der Waals surface area (Å²) in [5.41, 5.74) is 0.837. The highest BCUT2D eigenvalue weighted by Gasteiger charge is 2.09. The van der Waals surface area contributed by atoms with Gasteiger partial charge in [0.1, 0.15) is 5.75 Å². The summed E-state index contributed by atoms with van der Waals surface area (Å²) in [5.74, 6) is -0.458. The molecule has 0 saturated carbocycles. The minimum Gasteiger partial charge on any atom is -0.508 e. The Labute approximate surface area is 132 Å². The molecule has 2 rings (SSSR count). The molecule has 2 aromatic rings. The Kier molecular flexibility index (Phi) is 5.38. The van der Waals surface area contributed by atoms with Crippen molar-refractivity contribution >= 4 is 23.4 Å². The molecule has 0 aliphatic carbocycles. The summed E-state index contributed by atoms with van der Waals surface area (Å²) in [6.45, 7) is 0.573. The summed E-state index contributed by atoms with van der Waals surface area (Å²) in [5, 5.41) is 14.9. The number of hydrogen-bond donors (Lipinski definition) is 3. The third-order valence-corrected chi connectivity index (χ3v) is 3.27. The average molecular weight is 319 g/mol. The fourth-order valence-electron chi connectivity index (χ4n) is 1.81. The summed E-state index contributed by atoms with van der Waals surface area (Å²) < 4.78 is 0. The van der Waals surface area contributed by atoms with Crippen LogP contribution < -0.4 is 10.6 Å². The summed E-state index contributed by atoms with van der Waals surface area (Å²) >= 11 is 5.92. The van der Waals surface area contributed by atoms with Crippen LogP contribution in [0.2, 0.25) is 5.02 Å². The summed E-state index contributed by atoms with van der Waals surface area (Å²) in [7, 11) is 0. The zero-order chi connectivity index (χ0) is 15.9. The Morgan fingerprint density at radius 1 is 0.909 bits per heavy atom. The van der Waals surface area contributed by atoms with Gasteiger partial charge in [-0.15, -0.1) is 0 Å². The van der Waals surface area contributed by atoms with E-state index in [0.29, 0.717) is 16.1 Å². The number of nitrogens with one attached hydrogen (secondary N) is 2. The number of phenols is 1. The molecule has 0 aromatic heterocycles. The molecule has 6 heteroatoms. The van der Waals surface area contributed by atoms with Crippen molar-refractivity contribution in [1.82, 2.24) is 10.6 Å². The molecular weight excluding hydrogens is 304 g/mol. The second kappa shape index (κ2) is 7.47. The van der Waals surface area contributed by atoms with E-state index in [4.69, 9.17) is 16.7 Å². The van der Waals surface area contributed by atoms with E-state index in [1.165, 1.54) is 24.3 Å². The SMILES string of the molecule is O=C(NCCNC(=O)c1ccccc1Cl)c1ccc(O)cc1. The number of benzene rings is 2. The van der Waals surface area contributed by atoms with E-state index in [9.17, 15) is 9.59 Å². The number of hydrogen-bond acceptors (Lipinski definition) is 3. The summed E-state index contributed by atoms with van der Waals surface area (Å²) in [6, 6.07) is 12.7. The second-order valence-electron chi connectivity index (χ2n) is 4.54. The van der Waals surface area contributed by atoms with Crippen molar-refractivity contribution in [2.75, 3.05) is 13.1 Å². The Balaban J connectivity index is 1.77. The van der Waals surface area contributed by atoms with Crippen LogP contribution in [0, 0.1) is 0 Å². The van der Waals surface area contributed by atoms with Gasteiger partial charge in [-0.2, -0.15) is 0 Å². The minimum absolute atomic E-state index is 0.101. The molecule has 0 saturated heterocycles. The molecule has 0 bridgehead atoms. The highest BCUT2D eigenvalue weighted by atomic mass is 35.5. The molecule has 3 N–H and O–H groups in total. The number of amides is 2. The third-order valence-electron chi connectivity index (χ3n) is 2.94. The van der Waals surface area contributed by atoms with E-state index in [-0.39, 0.29) is 30.7 Å². The fourth-order valence-corrected chi connectivity index (χ4v) is 2.03. The van der Waals surface area contributed by atoms with Gasteiger partial charge in [-0.25, -0.2) is 0 Å². The van der Waals surface area contributed by atoms with Gasteiger partial charge < -0.3 is 15.7 Å². The van der Waals surface area contributed by atoms with Crippen molar-refractivity contribution in [2.24, 2.45) is 0 Å². The van der Waals surface area contributed by atoms with Crippen LogP contribution in [0.1, 0.15) is 20.7 Å². The highest BCUT2D eigenvalue weighted by Crippen LogP contribution is 2.14. The quantitative estimate of drug-likeness (QED) is 0.740. The largest absolute Gasteiger partial charge is 0.508 e. The Morgan fingerprint density at radius 2 is 1.50 bits per heavy atom. The molecule has 114 valence electrons. The Morgan fingerprint density at radius 3 is 2.14 bits per heavy atom. The lowest BCUT2D eigenvalue weighted by molar-refractivity contribution is 0.0927. The normalized spacial score (nSPS) is 10.0. The topological polar surface area (TPSA) is 78.4 Å². The number of halogens is 1. The van der Waals surface area contributed by atoms with Crippen molar-refractivity contribution in [2.45, 2.75) is 0 Å². The van der Waals surface area contributed by atoms with Crippen LogP contribution in [0.25, 0.3) is 0 Å². The van der Waals surface area contributed by atoms with Crippen molar-refractivity contribution < 1.29 is 14.7 Å². The lowest BCUT2D eigenvalue weighted by Crippen LogP contribution is -2.34. The Hall–Kier alpha value is -2.53. The molecule has 0 heterocycles. The van der Waals surface area contributed by atoms with Gasteiger partial charge in [-0.1, -0.05) is 23.7 Å². The van der Waals surface area contributed by atoms with E-state index in [1.54, 1.807) is 24.3 Å². The molecule has 0 aliphatic heterocycles. The molecule has 0 aliphatic rings. The zero-order valence-corrected chi connectivity index (χ0v) is 12.4. The first-order valence-corrected chi connectivity index (χ1v) is 7.05. The first-order chi connectivity index (χ1) is 10.6. The second-order valence-corrected chi connectivity index (χ2v) is 4.95. The maximum atomic E-state index is 11.9. The highest BCUT2D eigenvalue weighted by molar-refractivity contribution is 6.33. The molecule has 2 amide bonds. The third kappa shape index (κ3) is 4.23. The molecule has 0 unspecified atom stereocenters. The van der Waals surface area contributed by atoms with E-state index in [0.717, 1.165) is 0 Å². The van der Waals surface area contributed by atoms with Gasteiger partial charge in [0.15, 0.2) is 0 Å². The van der Waals surface area contributed by atoms with Crippen LogP contribution in [-0.2, 0) is 0 Å². The van der Waals surface area contributed by atoms with E-state index in [1.807, 2.05) is 0 Å². The molecule has 2 aromatic carbocycles. The number of rotatable bonds is 5. The fraction of sp³-hybridized carbons (Fsp3) is 0.125. The number of aromatic hydroxyl groups is 1. The predicted molar refractivity (Wildman–Crippen MR) is 84.2 cm³/mol. The van der Waals surface area contributed by atoms with Crippen LogP contribution in [0.4, 0.5) is 0 Å². The lowest BCUT2D eigenvalue weighted by atomic mass is 10.2. The van der Waals surface area contributed by atoms with Crippen molar-refractivity contribution in [1.29, 1.82) is 0 Å². The molecular formula is C16H15ClN2O3. The zero-order valence-electron chi connectivity index (χ0n) is 11.7. The number of carbonyl (C=O) groups excluding carboxylic acids is 2.